The third kappa shape index (κ3) is 3.04. The van der Waals surface area contributed by atoms with E-state index in [0.717, 1.165) is 5.56 Å². The van der Waals surface area contributed by atoms with E-state index in [0.29, 0.717) is 26.2 Å². The SMILES string of the molecule is O=C(O)CN1CCN(C(=O)c2ccsc2)CC1. The maximum absolute atomic E-state index is 12.0. The van der Waals surface area contributed by atoms with Crippen molar-refractivity contribution in [3.8, 4) is 0 Å². The molecule has 1 amide bonds. The summed E-state index contributed by atoms with van der Waals surface area (Å²) in [6, 6.07) is 1.82. The second-order valence-electron chi connectivity index (χ2n) is 3.97. The highest BCUT2D eigenvalue weighted by Gasteiger charge is 2.23. The molecule has 1 aromatic rings. The first-order chi connectivity index (χ1) is 8.16. The summed E-state index contributed by atoms with van der Waals surface area (Å²) >= 11 is 1.51. The van der Waals surface area contributed by atoms with Gasteiger partial charge >= 0.3 is 5.97 Å². The van der Waals surface area contributed by atoms with Gasteiger partial charge in [-0.25, -0.2) is 0 Å². The minimum Gasteiger partial charge on any atom is -0.480 e. The normalized spacial score (nSPS) is 17.1. The molecular weight excluding hydrogens is 240 g/mol. The van der Waals surface area contributed by atoms with Crippen LogP contribution in [0.5, 0.6) is 0 Å². The highest BCUT2D eigenvalue weighted by atomic mass is 32.1. The number of hydrogen-bond acceptors (Lipinski definition) is 4. The molecule has 1 aliphatic heterocycles. The lowest BCUT2D eigenvalue weighted by atomic mass is 10.2. The first-order valence-electron chi connectivity index (χ1n) is 5.42. The van der Waals surface area contributed by atoms with Crippen molar-refractivity contribution in [1.29, 1.82) is 0 Å². The minimum absolute atomic E-state index is 0.0428. The average Bonchev–Trinajstić information content (AvgIpc) is 2.82. The van der Waals surface area contributed by atoms with Crippen LogP contribution in [-0.2, 0) is 4.79 Å². The van der Waals surface area contributed by atoms with Gasteiger partial charge in [0.05, 0.1) is 12.1 Å². The van der Waals surface area contributed by atoms with E-state index in [1.807, 2.05) is 21.7 Å². The largest absolute Gasteiger partial charge is 0.480 e. The summed E-state index contributed by atoms with van der Waals surface area (Å²) in [6.07, 6.45) is 0. The van der Waals surface area contributed by atoms with Gasteiger partial charge in [-0.1, -0.05) is 0 Å². The zero-order chi connectivity index (χ0) is 12.3. The van der Waals surface area contributed by atoms with Gasteiger partial charge in [-0.15, -0.1) is 0 Å². The quantitative estimate of drug-likeness (QED) is 0.857. The number of thiophene rings is 1. The Morgan fingerprint density at radius 3 is 2.53 bits per heavy atom. The molecule has 0 spiro atoms. The van der Waals surface area contributed by atoms with Crippen molar-refractivity contribution in [2.45, 2.75) is 0 Å². The summed E-state index contributed by atoms with van der Waals surface area (Å²) in [7, 11) is 0. The summed E-state index contributed by atoms with van der Waals surface area (Å²) in [5.74, 6) is -0.774. The fraction of sp³-hybridized carbons (Fsp3) is 0.455. The van der Waals surface area contributed by atoms with Crippen LogP contribution in [0.1, 0.15) is 10.4 Å². The molecule has 1 saturated heterocycles. The van der Waals surface area contributed by atoms with E-state index < -0.39 is 5.97 Å². The van der Waals surface area contributed by atoms with Gasteiger partial charge in [0.1, 0.15) is 0 Å². The zero-order valence-corrected chi connectivity index (χ0v) is 10.2. The topological polar surface area (TPSA) is 60.9 Å². The maximum atomic E-state index is 12.0. The van der Waals surface area contributed by atoms with E-state index in [2.05, 4.69) is 0 Å². The number of aliphatic carboxylic acids is 1. The van der Waals surface area contributed by atoms with Crippen molar-refractivity contribution < 1.29 is 14.7 Å². The van der Waals surface area contributed by atoms with E-state index in [4.69, 9.17) is 5.11 Å². The molecule has 1 aliphatic rings. The molecule has 0 saturated carbocycles. The first-order valence-corrected chi connectivity index (χ1v) is 6.37. The van der Waals surface area contributed by atoms with Crippen LogP contribution >= 0.6 is 11.3 Å². The third-order valence-corrected chi connectivity index (χ3v) is 3.47. The molecule has 1 N–H and O–H groups in total. The summed E-state index contributed by atoms with van der Waals surface area (Å²) in [5, 5.41) is 12.4. The lowest BCUT2D eigenvalue weighted by Gasteiger charge is -2.33. The van der Waals surface area contributed by atoms with Crippen molar-refractivity contribution in [2.75, 3.05) is 32.7 Å². The molecule has 1 aromatic heterocycles. The van der Waals surface area contributed by atoms with Crippen molar-refractivity contribution in [3.05, 3.63) is 22.4 Å². The van der Waals surface area contributed by atoms with Crippen LogP contribution in [0.3, 0.4) is 0 Å². The molecule has 17 heavy (non-hydrogen) atoms. The highest BCUT2D eigenvalue weighted by Crippen LogP contribution is 2.11. The Morgan fingerprint density at radius 2 is 2.00 bits per heavy atom. The lowest BCUT2D eigenvalue weighted by Crippen LogP contribution is -2.49. The lowest BCUT2D eigenvalue weighted by molar-refractivity contribution is -0.138. The van der Waals surface area contributed by atoms with Crippen molar-refractivity contribution in [2.24, 2.45) is 0 Å². The summed E-state index contributed by atoms with van der Waals surface area (Å²) < 4.78 is 0. The molecule has 0 radical (unpaired) electrons. The number of rotatable bonds is 3. The number of amides is 1. The second kappa shape index (κ2) is 5.29. The van der Waals surface area contributed by atoms with Gasteiger partial charge in [-0.3, -0.25) is 14.5 Å². The zero-order valence-electron chi connectivity index (χ0n) is 9.33. The van der Waals surface area contributed by atoms with E-state index in [9.17, 15) is 9.59 Å². The molecule has 6 heteroatoms. The van der Waals surface area contributed by atoms with Crippen molar-refractivity contribution in [3.63, 3.8) is 0 Å². The number of carboxylic acids is 1. The molecule has 92 valence electrons. The van der Waals surface area contributed by atoms with E-state index >= 15 is 0 Å². The fourth-order valence-electron chi connectivity index (χ4n) is 1.87. The van der Waals surface area contributed by atoms with Crippen LogP contribution in [0.25, 0.3) is 0 Å². The Morgan fingerprint density at radius 1 is 1.29 bits per heavy atom. The monoisotopic (exact) mass is 254 g/mol. The molecule has 0 aromatic carbocycles. The van der Waals surface area contributed by atoms with E-state index in [1.54, 1.807) is 4.90 Å². The van der Waals surface area contributed by atoms with Crippen molar-refractivity contribution >= 4 is 23.2 Å². The predicted molar refractivity (Wildman–Crippen MR) is 64.3 cm³/mol. The van der Waals surface area contributed by atoms with Crippen LogP contribution in [0.4, 0.5) is 0 Å². The minimum atomic E-state index is -0.817. The highest BCUT2D eigenvalue weighted by molar-refractivity contribution is 7.08. The van der Waals surface area contributed by atoms with Crippen molar-refractivity contribution in [1.82, 2.24) is 9.80 Å². The Kier molecular flexibility index (Phi) is 3.75. The molecule has 5 nitrogen and oxygen atoms in total. The van der Waals surface area contributed by atoms with Gasteiger partial charge in [-0.2, -0.15) is 11.3 Å². The maximum Gasteiger partial charge on any atom is 0.317 e. The Balaban J connectivity index is 1.87. The van der Waals surface area contributed by atoms with Gasteiger partial charge in [-0.05, 0) is 11.4 Å². The predicted octanol–water partition coefficient (Wildman–Crippen LogP) is 0.591. The van der Waals surface area contributed by atoms with Crippen LogP contribution in [0.2, 0.25) is 0 Å². The molecule has 2 rings (SSSR count). The Hall–Kier alpha value is -1.40. The summed E-state index contributed by atoms with van der Waals surface area (Å²) in [6.45, 7) is 2.51. The number of hydrogen-bond donors (Lipinski definition) is 1. The summed E-state index contributed by atoms with van der Waals surface area (Å²) in [5.41, 5.74) is 0.724. The number of carbonyl (C=O) groups is 2. The second-order valence-corrected chi connectivity index (χ2v) is 4.75. The average molecular weight is 254 g/mol. The van der Waals surface area contributed by atoms with Crippen LogP contribution in [0.15, 0.2) is 16.8 Å². The summed E-state index contributed by atoms with van der Waals surface area (Å²) in [4.78, 5) is 26.2. The number of carboxylic acid groups (broad SMARTS) is 1. The van der Waals surface area contributed by atoms with E-state index in [1.165, 1.54) is 11.3 Å². The third-order valence-electron chi connectivity index (χ3n) is 2.79. The fourth-order valence-corrected chi connectivity index (χ4v) is 2.50. The Labute approximate surface area is 103 Å². The molecule has 0 unspecified atom stereocenters. The van der Waals surface area contributed by atoms with Gasteiger partial charge < -0.3 is 10.0 Å². The first kappa shape index (κ1) is 12.1. The molecule has 0 bridgehead atoms. The molecule has 1 fully saturated rings. The van der Waals surface area contributed by atoms with Gasteiger partial charge in [0, 0.05) is 31.6 Å². The molecule has 0 atom stereocenters. The molecular formula is C11H14N2O3S. The van der Waals surface area contributed by atoms with Gasteiger partial charge in [0.2, 0.25) is 0 Å². The van der Waals surface area contributed by atoms with Crippen LogP contribution in [-0.4, -0.2) is 59.5 Å². The van der Waals surface area contributed by atoms with Gasteiger partial charge in [0.15, 0.2) is 0 Å². The van der Waals surface area contributed by atoms with Crippen LogP contribution in [0, 0.1) is 0 Å². The molecule has 0 aliphatic carbocycles. The van der Waals surface area contributed by atoms with E-state index in [-0.39, 0.29) is 12.5 Å². The standard InChI is InChI=1S/C11H14N2O3S/c14-10(15)7-12-2-4-13(5-3-12)11(16)9-1-6-17-8-9/h1,6,8H,2-5,7H2,(H,14,15). The smallest absolute Gasteiger partial charge is 0.317 e. The number of piperazine rings is 1. The Bertz CT molecular complexity index is 397. The number of nitrogens with zero attached hydrogens (tertiary/aromatic N) is 2. The molecule has 2 heterocycles. The van der Waals surface area contributed by atoms with Crippen LogP contribution < -0.4 is 0 Å². The number of carbonyl (C=O) groups excluding carboxylic acids is 1. The van der Waals surface area contributed by atoms with Gasteiger partial charge in [0.25, 0.3) is 5.91 Å².